The predicted octanol–water partition coefficient (Wildman–Crippen LogP) is 1.40. The molecule has 1 aromatic carbocycles. The number of ether oxygens (including phenoxy) is 1. The van der Waals surface area contributed by atoms with E-state index in [1.165, 1.54) is 6.92 Å². The van der Waals surface area contributed by atoms with Crippen molar-refractivity contribution in [2.45, 2.75) is 51.9 Å². The van der Waals surface area contributed by atoms with Gasteiger partial charge >= 0.3 is 0 Å². The van der Waals surface area contributed by atoms with Crippen molar-refractivity contribution in [2.24, 2.45) is 0 Å². The third kappa shape index (κ3) is 3.95. The number of nitrogens with one attached hydrogen (secondary N) is 1. The molecule has 25 heavy (non-hydrogen) atoms. The standard InChI is InChI=1S/C19H27N3O3/c1-4-25-18-7-5-6-15(8-18)10-21-12-17-9-16(20-14(3)23)11-22(17)19(24)13(21)2/h5-8,13,16-17H,4,9-12H2,1-3H3,(H,20,23)/t13-,16-,17-/m0/s1. The second-order valence-electron chi connectivity index (χ2n) is 6.96. The van der Waals surface area contributed by atoms with E-state index in [4.69, 9.17) is 4.74 Å². The van der Waals surface area contributed by atoms with E-state index in [1.54, 1.807) is 0 Å². The molecule has 0 radical (unpaired) electrons. The minimum atomic E-state index is -0.150. The Labute approximate surface area is 149 Å². The molecule has 2 saturated heterocycles. The lowest BCUT2D eigenvalue weighted by Crippen LogP contribution is -2.58. The van der Waals surface area contributed by atoms with Crippen molar-refractivity contribution in [1.82, 2.24) is 15.1 Å². The second kappa shape index (κ2) is 7.44. The molecule has 0 spiro atoms. The first-order valence-corrected chi connectivity index (χ1v) is 9.01. The Balaban J connectivity index is 1.68. The van der Waals surface area contributed by atoms with Crippen molar-refractivity contribution in [3.63, 3.8) is 0 Å². The van der Waals surface area contributed by atoms with Gasteiger partial charge in [0.1, 0.15) is 5.75 Å². The summed E-state index contributed by atoms with van der Waals surface area (Å²) in [4.78, 5) is 28.2. The number of nitrogens with zero attached hydrogens (tertiary/aromatic N) is 2. The normalized spacial score (nSPS) is 26.4. The fraction of sp³-hybridized carbons (Fsp3) is 0.579. The molecule has 0 saturated carbocycles. The lowest BCUT2D eigenvalue weighted by Gasteiger charge is -2.41. The van der Waals surface area contributed by atoms with Crippen LogP contribution in [0.5, 0.6) is 5.75 Å². The fourth-order valence-corrected chi connectivity index (χ4v) is 3.91. The summed E-state index contributed by atoms with van der Waals surface area (Å²) in [7, 11) is 0. The maximum atomic E-state index is 12.8. The number of amides is 2. The van der Waals surface area contributed by atoms with Crippen LogP contribution >= 0.6 is 0 Å². The van der Waals surface area contributed by atoms with Gasteiger partial charge in [0, 0.05) is 38.6 Å². The average Bonchev–Trinajstić information content (AvgIpc) is 2.95. The van der Waals surface area contributed by atoms with Gasteiger partial charge in [0.05, 0.1) is 12.6 Å². The van der Waals surface area contributed by atoms with Gasteiger partial charge in [-0.2, -0.15) is 0 Å². The van der Waals surface area contributed by atoms with Crippen molar-refractivity contribution in [3.05, 3.63) is 29.8 Å². The Bertz CT molecular complexity index is 649. The van der Waals surface area contributed by atoms with Gasteiger partial charge in [-0.3, -0.25) is 14.5 Å². The molecule has 2 aliphatic heterocycles. The monoisotopic (exact) mass is 345 g/mol. The summed E-state index contributed by atoms with van der Waals surface area (Å²) in [6, 6.07) is 8.15. The molecule has 1 aromatic rings. The van der Waals surface area contributed by atoms with E-state index >= 15 is 0 Å². The highest BCUT2D eigenvalue weighted by Crippen LogP contribution is 2.27. The smallest absolute Gasteiger partial charge is 0.240 e. The minimum absolute atomic E-state index is 0.0325. The van der Waals surface area contributed by atoms with Crippen LogP contribution in [0.2, 0.25) is 0 Å². The van der Waals surface area contributed by atoms with Crippen LogP contribution in [-0.4, -0.2) is 59.4 Å². The third-order valence-corrected chi connectivity index (χ3v) is 5.05. The maximum Gasteiger partial charge on any atom is 0.240 e. The summed E-state index contributed by atoms with van der Waals surface area (Å²) in [5, 5.41) is 2.95. The Kier molecular flexibility index (Phi) is 5.27. The van der Waals surface area contributed by atoms with Crippen LogP contribution in [0.25, 0.3) is 0 Å². The van der Waals surface area contributed by atoms with Crippen LogP contribution in [0.15, 0.2) is 24.3 Å². The molecule has 3 rings (SSSR count). The van der Waals surface area contributed by atoms with E-state index < -0.39 is 0 Å². The molecular weight excluding hydrogens is 318 g/mol. The number of carbonyl (C=O) groups is 2. The topological polar surface area (TPSA) is 61.9 Å². The van der Waals surface area contributed by atoms with Crippen LogP contribution < -0.4 is 10.1 Å². The number of fused-ring (bicyclic) bond motifs is 1. The average molecular weight is 345 g/mol. The number of hydrogen-bond acceptors (Lipinski definition) is 4. The molecule has 0 aromatic heterocycles. The number of rotatable bonds is 5. The van der Waals surface area contributed by atoms with Crippen LogP contribution in [0, 0.1) is 0 Å². The van der Waals surface area contributed by atoms with Crippen molar-refractivity contribution in [1.29, 1.82) is 0 Å². The van der Waals surface area contributed by atoms with Crippen molar-refractivity contribution >= 4 is 11.8 Å². The van der Waals surface area contributed by atoms with Crippen molar-refractivity contribution in [2.75, 3.05) is 19.7 Å². The number of carbonyl (C=O) groups excluding carboxylic acids is 2. The molecule has 136 valence electrons. The molecule has 3 atom stereocenters. The van der Waals surface area contributed by atoms with E-state index in [0.29, 0.717) is 13.2 Å². The zero-order valence-electron chi connectivity index (χ0n) is 15.2. The van der Waals surface area contributed by atoms with Gasteiger partial charge in [0.15, 0.2) is 0 Å². The lowest BCUT2D eigenvalue weighted by atomic mass is 10.0. The Hall–Kier alpha value is -2.08. The first-order valence-electron chi connectivity index (χ1n) is 9.01. The molecule has 6 nitrogen and oxygen atoms in total. The summed E-state index contributed by atoms with van der Waals surface area (Å²) in [5.41, 5.74) is 1.15. The van der Waals surface area contributed by atoms with Gasteiger partial charge in [0.2, 0.25) is 11.8 Å². The van der Waals surface area contributed by atoms with Gasteiger partial charge in [-0.05, 0) is 38.0 Å². The van der Waals surface area contributed by atoms with Gasteiger partial charge in [-0.25, -0.2) is 0 Å². The van der Waals surface area contributed by atoms with Crippen molar-refractivity contribution < 1.29 is 14.3 Å². The molecule has 2 fully saturated rings. The van der Waals surface area contributed by atoms with Crippen LogP contribution in [-0.2, 0) is 16.1 Å². The highest BCUT2D eigenvalue weighted by atomic mass is 16.5. The lowest BCUT2D eigenvalue weighted by molar-refractivity contribution is -0.143. The minimum Gasteiger partial charge on any atom is -0.494 e. The zero-order valence-corrected chi connectivity index (χ0v) is 15.2. The Morgan fingerprint density at radius 3 is 2.88 bits per heavy atom. The SMILES string of the molecule is CCOc1cccc(CN2C[C@@H]3C[C@H](NC(C)=O)CN3C(=O)[C@@H]2C)c1. The van der Waals surface area contributed by atoms with Crippen LogP contribution in [0.1, 0.15) is 32.8 Å². The Morgan fingerprint density at radius 1 is 1.36 bits per heavy atom. The quantitative estimate of drug-likeness (QED) is 0.876. The van der Waals surface area contributed by atoms with E-state index in [-0.39, 0.29) is 29.9 Å². The number of piperazine rings is 1. The largest absolute Gasteiger partial charge is 0.494 e. The molecule has 0 unspecified atom stereocenters. The molecule has 6 heteroatoms. The summed E-state index contributed by atoms with van der Waals surface area (Å²) in [5.74, 6) is 0.990. The maximum absolute atomic E-state index is 12.8. The fourth-order valence-electron chi connectivity index (χ4n) is 3.91. The van der Waals surface area contributed by atoms with Gasteiger partial charge < -0.3 is 15.0 Å². The summed E-state index contributed by atoms with van der Waals surface area (Å²) < 4.78 is 5.57. The summed E-state index contributed by atoms with van der Waals surface area (Å²) in [6.07, 6.45) is 0.827. The molecule has 2 amide bonds. The van der Waals surface area contributed by atoms with E-state index in [0.717, 1.165) is 30.8 Å². The summed E-state index contributed by atoms with van der Waals surface area (Å²) in [6.45, 7) is 8.30. The predicted molar refractivity (Wildman–Crippen MR) is 95.2 cm³/mol. The molecule has 2 heterocycles. The van der Waals surface area contributed by atoms with Gasteiger partial charge in [-0.15, -0.1) is 0 Å². The zero-order chi connectivity index (χ0) is 18.0. The number of benzene rings is 1. The number of hydrogen-bond donors (Lipinski definition) is 1. The molecule has 0 aliphatic carbocycles. The van der Waals surface area contributed by atoms with Crippen LogP contribution in [0.3, 0.4) is 0 Å². The second-order valence-corrected chi connectivity index (χ2v) is 6.96. The molecule has 0 bridgehead atoms. The van der Waals surface area contributed by atoms with Gasteiger partial charge in [-0.1, -0.05) is 12.1 Å². The Morgan fingerprint density at radius 2 is 2.16 bits per heavy atom. The first kappa shape index (κ1) is 17.7. The van der Waals surface area contributed by atoms with Gasteiger partial charge in [0.25, 0.3) is 0 Å². The summed E-state index contributed by atoms with van der Waals surface area (Å²) >= 11 is 0. The van der Waals surface area contributed by atoms with E-state index in [9.17, 15) is 9.59 Å². The first-order chi connectivity index (χ1) is 12.0. The van der Waals surface area contributed by atoms with E-state index in [1.807, 2.05) is 36.9 Å². The van der Waals surface area contributed by atoms with Crippen LogP contribution in [0.4, 0.5) is 0 Å². The molecule has 1 N–H and O–H groups in total. The highest BCUT2D eigenvalue weighted by molar-refractivity contribution is 5.83. The highest BCUT2D eigenvalue weighted by Gasteiger charge is 2.43. The third-order valence-electron chi connectivity index (χ3n) is 5.05. The molecule has 2 aliphatic rings. The van der Waals surface area contributed by atoms with E-state index in [2.05, 4.69) is 16.3 Å². The van der Waals surface area contributed by atoms with Crippen molar-refractivity contribution in [3.8, 4) is 5.75 Å². The molecular formula is C19H27N3O3.